The van der Waals surface area contributed by atoms with Crippen LogP contribution >= 0.6 is 0 Å². The van der Waals surface area contributed by atoms with E-state index in [1.54, 1.807) is 0 Å². The van der Waals surface area contributed by atoms with Crippen molar-refractivity contribution in [3.8, 4) is 0 Å². The molecule has 1 saturated heterocycles. The Labute approximate surface area is 109 Å². The van der Waals surface area contributed by atoms with Crippen LogP contribution in [0.4, 0.5) is 17.6 Å². The molecule has 1 heterocycles. The van der Waals surface area contributed by atoms with E-state index in [-0.39, 0.29) is 30.5 Å². The highest BCUT2D eigenvalue weighted by atomic mass is 19.3. The first-order valence-corrected chi connectivity index (χ1v) is 6.02. The van der Waals surface area contributed by atoms with Crippen molar-refractivity contribution in [1.82, 2.24) is 0 Å². The first-order chi connectivity index (χ1) is 9.16. The maximum atomic E-state index is 13.2. The molecule has 0 aromatic rings. The van der Waals surface area contributed by atoms with Gasteiger partial charge in [0.25, 0.3) is 0 Å². The largest absolute Gasteiger partial charge is 0.477 e. The minimum absolute atomic E-state index is 0.0657. The molecular formula is C11H10F4O5. The molecule has 20 heavy (non-hydrogen) atoms. The van der Waals surface area contributed by atoms with Crippen molar-refractivity contribution < 1.29 is 41.7 Å². The van der Waals surface area contributed by atoms with Crippen molar-refractivity contribution in [3.05, 3.63) is 0 Å². The first kappa shape index (κ1) is 13.6. The van der Waals surface area contributed by atoms with E-state index < -0.39 is 29.9 Å². The third-order valence-electron chi connectivity index (χ3n) is 4.21. The molecule has 3 aliphatic rings. The summed E-state index contributed by atoms with van der Waals surface area (Å²) in [6, 6.07) is 0. The molecule has 3 fully saturated rings. The summed E-state index contributed by atoms with van der Waals surface area (Å²) in [7, 11) is 0. The van der Waals surface area contributed by atoms with E-state index in [9.17, 15) is 27.2 Å². The molecule has 0 radical (unpaired) electrons. The van der Waals surface area contributed by atoms with E-state index >= 15 is 0 Å². The number of carboxylic acid groups (broad SMARTS) is 1. The maximum Gasteiger partial charge on any atom is 0.415 e. The van der Waals surface area contributed by atoms with Gasteiger partial charge in [0.15, 0.2) is 0 Å². The van der Waals surface area contributed by atoms with Crippen LogP contribution in [0.15, 0.2) is 0 Å². The van der Waals surface area contributed by atoms with Gasteiger partial charge in [-0.1, -0.05) is 0 Å². The summed E-state index contributed by atoms with van der Waals surface area (Å²) in [6.45, 7) is 0. The normalized spacial score (nSPS) is 38.5. The van der Waals surface area contributed by atoms with Crippen LogP contribution < -0.4 is 0 Å². The number of rotatable bonds is 4. The highest BCUT2D eigenvalue weighted by Gasteiger charge is 2.70. The van der Waals surface area contributed by atoms with Gasteiger partial charge in [-0.25, -0.2) is 9.59 Å². The number of epoxide rings is 1. The third kappa shape index (κ3) is 1.65. The summed E-state index contributed by atoms with van der Waals surface area (Å²) in [4.78, 5) is 21.3. The zero-order valence-electron chi connectivity index (χ0n) is 9.89. The van der Waals surface area contributed by atoms with Gasteiger partial charge in [0, 0.05) is 5.92 Å². The lowest BCUT2D eigenvalue weighted by Gasteiger charge is -2.25. The second-order valence-electron chi connectivity index (χ2n) is 5.36. The Balaban J connectivity index is 1.69. The number of alkyl halides is 4. The smallest absolute Gasteiger partial charge is 0.415 e. The molecule has 0 amide bonds. The summed E-state index contributed by atoms with van der Waals surface area (Å²) in [5.41, 5.74) is 0. The number of carboxylic acids is 1. The number of carbonyl (C=O) groups excluding carboxylic acids is 1. The number of carbonyl (C=O) groups is 2. The lowest BCUT2D eigenvalue weighted by Crippen LogP contribution is -2.54. The molecule has 0 spiro atoms. The fraction of sp³-hybridized carbons (Fsp3) is 0.818. The highest BCUT2D eigenvalue weighted by Crippen LogP contribution is 2.57. The van der Waals surface area contributed by atoms with Crippen LogP contribution in [0.3, 0.4) is 0 Å². The molecule has 9 heteroatoms. The van der Waals surface area contributed by atoms with Gasteiger partial charge in [0.05, 0.1) is 12.2 Å². The molecule has 0 aromatic heterocycles. The summed E-state index contributed by atoms with van der Waals surface area (Å²) in [5, 5.41) is 8.08. The van der Waals surface area contributed by atoms with Crippen LogP contribution in [0.5, 0.6) is 0 Å². The van der Waals surface area contributed by atoms with E-state index in [0.29, 0.717) is 6.42 Å². The molecule has 5 nitrogen and oxygen atoms in total. The Morgan fingerprint density at radius 2 is 1.75 bits per heavy atom. The monoisotopic (exact) mass is 298 g/mol. The van der Waals surface area contributed by atoms with E-state index in [0.717, 1.165) is 0 Å². The standard InChI is InChI=1S/C11H10F4O5/c12-10(13,8(16)17)11(14,15)9(18)19-5-2-3-1-4(5)7-6(3)20-7/h3-7H,1-2H2,(H,16,17). The quantitative estimate of drug-likeness (QED) is 0.477. The Morgan fingerprint density at radius 1 is 1.10 bits per heavy atom. The summed E-state index contributed by atoms with van der Waals surface area (Å²) < 4.78 is 61.8. The zero-order valence-corrected chi connectivity index (χ0v) is 9.89. The van der Waals surface area contributed by atoms with Crippen molar-refractivity contribution in [2.24, 2.45) is 11.8 Å². The molecule has 0 aromatic carbocycles. The molecule has 5 atom stereocenters. The van der Waals surface area contributed by atoms with Crippen LogP contribution in [0.25, 0.3) is 0 Å². The van der Waals surface area contributed by atoms with Crippen molar-refractivity contribution in [2.45, 2.75) is 43.0 Å². The van der Waals surface area contributed by atoms with Crippen molar-refractivity contribution in [3.63, 3.8) is 0 Å². The molecule has 112 valence electrons. The number of halogens is 4. The van der Waals surface area contributed by atoms with Gasteiger partial charge >= 0.3 is 23.8 Å². The molecule has 3 rings (SSSR count). The molecular weight excluding hydrogens is 288 g/mol. The predicted molar refractivity (Wildman–Crippen MR) is 52.3 cm³/mol. The van der Waals surface area contributed by atoms with Crippen molar-refractivity contribution in [2.75, 3.05) is 0 Å². The predicted octanol–water partition coefficient (Wildman–Crippen LogP) is 1.06. The van der Waals surface area contributed by atoms with Crippen LogP contribution in [-0.4, -0.2) is 47.2 Å². The Bertz CT molecular complexity index is 479. The van der Waals surface area contributed by atoms with Crippen LogP contribution in [0, 0.1) is 11.8 Å². The summed E-state index contributed by atoms with van der Waals surface area (Å²) in [5.74, 6) is -16.6. The first-order valence-electron chi connectivity index (χ1n) is 6.02. The van der Waals surface area contributed by atoms with Crippen LogP contribution in [0.2, 0.25) is 0 Å². The second-order valence-corrected chi connectivity index (χ2v) is 5.36. The van der Waals surface area contributed by atoms with Gasteiger partial charge in [-0.15, -0.1) is 0 Å². The summed E-state index contributed by atoms with van der Waals surface area (Å²) in [6.07, 6.45) is -0.0664. The average Bonchev–Trinajstić information content (AvgIpc) is 2.96. The lowest BCUT2D eigenvalue weighted by atomic mass is 9.97. The summed E-state index contributed by atoms with van der Waals surface area (Å²) >= 11 is 0. The number of esters is 1. The molecule has 2 aliphatic carbocycles. The van der Waals surface area contributed by atoms with Gasteiger partial charge in [0.1, 0.15) is 6.10 Å². The van der Waals surface area contributed by atoms with Crippen LogP contribution in [-0.2, 0) is 19.1 Å². The lowest BCUT2D eigenvalue weighted by molar-refractivity contribution is -0.238. The number of ether oxygens (including phenoxy) is 2. The van der Waals surface area contributed by atoms with Gasteiger partial charge in [-0.05, 0) is 18.8 Å². The zero-order chi connectivity index (χ0) is 14.9. The highest BCUT2D eigenvalue weighted by molar-refractivity contribution is 5.89. The van der Waals surface area contributed by atoms with Gasteiger partial charge in [0.2, 0.25) is 0 Å². The number of hydrogen-bond donors (Lipinski definition) is 1. The number of hydrogen-bond acceptors (Lipinski definition) is 4. The fourth-order valence-electron chi connectivity index (χ4n) is 3.15. The third-order valence-corrected chi connectivity index (χ3v) is 4.21. The average molecular weight is 298 g/mol. The SMILES string of the molecule is O=C(O)C(F)(F)C(F)(F)C(=O)OC1CC2CC1C1OC21. The maximum absolute atomic E-state index is 13.2. The molecule has 5 unspecified atom stereocenters. The molecule has 2 bridgehead atoms. The Morgan fingerprint density at radius 3 is 2.25 bits per heavy atom. The van der Waals surface area contributed by atoms with E-state index in [4.69, 9.17) is 9.84 Å². The van der Waals surface area contributed by atoms with E-state index in [1.807, 2.05) is 0 Å². The molecule has 2 saturated carbocycles. The van der Waals surface area contributed by atoms with Gasteiger partial charge in [-0.3, -0.25) is 0 Å². The van der Waals surface area contributed by atoms with Gasteiger partial charge < -0.3 is 14.6 Å². The van der Waals surface area contributed by atoms with Crippen molar-refractivity contribution in [1.29, 1.82) is 0 Å². The van der Waals surface area contributed by atoms with Crippen LogP contribution in [0.1, 0.15) is 12.8 Å². The minimum atomic E-state index is -5.50. The Kier molecular flexibility index (Phi) is 2.61. The second kappa shape index (κ2) is 3.84. The van der Waals surface area contributed by atoms with E-state index in [1.165, 1.54) is 0 Å². The van der Waals surface area contributed by atoms with Gasteiger partial charge in [-0.2, -0.15) is 17.6 Å². The Hall–Kier alpha value is -1.38. The van der Waals surface area contributed by atoms with Crippen molar-refractivity contribution >= 4 is 11.9 Å². The number of aliphatic carboxylic acids is 1. The fourth-order valence-corrected chi connectivity index (χ4v) is 3.15. The molecule has 1 aliphatic heterocycles. The molecule has 1 N–H and O–H groups in total. The topological polar surface area (TPSA) is 76.1 Å². The minimum Gasteiger partial charge on any atom is -0.477 e. The number of fused-ring (bicyclic) bond motifs is 5. The van der Waals surface area contributed by atoms with E-state index in [2.05, 4.69) is 4.74 Å².